The van der Waals surface area contributed by atoms with Gasteiger partial charge in [0.25, 0.3) is 5.91 Å². The Morgan fingerprint density at radius 3 is 2.41 bits per heavy atom. The summed E-state index contributed by atoms with van der Waals surface area (Å²) in [7, 11) is 9.68. The second-order valence-electron chi connectivity index (χ2n) is 18.6. The first-order valence-corrected chi connectivity index (χ1v) is 21.1. The van der Waals surface area contributed by atoms with Gasteiger partial charge < -0.3 is 35.4 Å². The van der Waals surface area contributed by atoms with E-state index in [0.717, 1.165) is 41.8 Å². The van der Waals surface area contributed by atoms with E-state index < -0.39 is 24.2 Å². The Labute approximate surface area is 335 Å². The molecular formula is C45H69N5O6. The number of rotatable bonds is 15. The molecule has 0 radical (unpaired) electrons. The number of nitrogens with zero attached hydrogens (tertiary/aromatic N) is 3. The maximum atomic E-state index is 14.3. The third kappa shape index (κ3) is 8.92. The van der Waals surface area contributed by atoms with Crippen LogP contribution in [0.1, 0.15) is 95.0 Å². The first-order valence-electron chi connectivity index (χ1n) is 21.1. The van der Waals surface area contributed by atoms with E-state index in [2.05, 4.69) is 56.5 Å². The third-order valence-corrected chi connectivity index (χ3v) is 14.0. The highest BCUT2D eigenvalue weighted by molar-refractivity contribution is 5.97. The summed E-state index contributed by atoms with van der Waals surface area (Å²) in [6, 6.07) is 11.1. The van der Waals surface area contributed by atoms with Gasteiger partial charge in [-0.15, -0.1) is 0 Å². The fourth-order valence-electron chi connectivity index (χ4n) is 10.7. The summed E-state index contributed by atoms with van der Waals surface area (Å²) >= 11 is 0. The number of fused-ring (bicyclic) bond motifs is 2. The second kappa shape index (κ2) is 17.7. The molecule has 2 amide bonds. The number of para-hydroxylation sites is 1. The lowest BCUT2D eigenvalue weighted by Gasteiger charge is -2.62. The number of hydrogen-bond acceptors (Lipinski definition) is 9. The molecule has 56 heavy (non-hydrogen) atoms. The number of aliphatic hydroxyl groups excluding tert-OH is 2. The quantitative estimate of drug-likeness (QED) is 0.180. The van der Waals surface area contributed by atoms with Crippen LogP contribution in [0, 0.1) is 35.0 Å². The number of likely N-dealkylation sites (N-methyl/N-ethyl adjacent to an activating group) is 1. The van der Waals surface area contributed by atoms with Crippen LogP contribution in [0.5, 0.6) is 5.75 Å². The van der Waals surface area contributed by atoms with Gasteiger partial charge >= 0.3 is 0 Å². The topological polar surface area (TPSA) is 127 Å². The molecule has 2 aromatic rings. The molecule has 1 saturated heterocycles. The molecule has 0 aromatic heterocycles. The molecule has 11 nitrogen and oxygen atoms in total. The van der Waals surface area contributed by atoms with Crippen molar-refractivity contribution in [2.45, 2.75) is 116 Å². The summed E-state index contributed by atoms with van der Waals surface area (Å²) in [5.41, 5.74) is 4.16. The van der Waals surface area contributed by atoms with E-state index in [-0.39, 0.29) is 42.5 Å². The van der Waals surface area contributed by atoms with Gasteiger partial charge in [-0.2, -0.15) is 5.06 Å². The maximum Gasteiger partial charge on any atom is 0.251 e. The molecule has 11 heteroatoms. The van der Waals surface area contributed by atoms with E-state index >= 15 is 0 Å². The number of ether oxygens (including phenoxy) is 1. The molecular weight excluding hydrogens is 707 g/mol. The normalized spacial score (nSPS) is 28.7. The number of methoxy groups -OCH3 is 1. The molecule has 1 heterocycles. The smallest absolute Gasteiger partial charge is 0.251 e. The SMILES string of the molecule is COc1c(CN2O[C@@H](CO)[C@H]([C@H](C)O)[C@H]2C(=O)N[C@@H]2C[C@H]3C[C@@H]([C@@H]2C)C3(C)C)cccc1-c1cc(C(=O)N[C@@H](CC2CCCCC2)CN(C)C)cc(N(C)C)c1. The van der Waals surface area contributed by atoms with Crippen molar-refractivity contribution in [1.29, 1.82) is 0 Å². The Hall–Kier alpha value is -3.22. The average Bonchev–Trinajstić information content (AvgIpc) is 3.53. The zero-order valence-electron chi connectivity index (χ0n) is 35.4. The number of nitrogens with one attached hydrogen (secondary N) is 2. The molecule has 0 spiro atoms. The summed E-state index contributed by atoms with van der Waals surface area (Å²) in [5, 5.41) is 29.8. The molecule has 0 unspecified atom stereocenters. The summed E-state index contributed by atoms with van der Waals surface area (Å²) in [4.78, 5) is 38.8. The van der Waals surface area contributed by atoms with Crippen molar-refractivity contribution >= 4 is 17.5 Å². The van der Waals surface area contributed by atoms with E-state index in [9.17, 15) is 19.8 Å². The Morgan fingerprint density at radius 2 is 1.80 bits per heavy atom. The highest BCUT2D eigenvalue weighted by atomic mass is 16.7. The molecule has 4 aliphatic carbocycles. The summed E-state index contributed by atoms with van der Waals surface area (Å²) in [6.07, 6.45) is 7.77. The van der Waals surface area contributed by atoms with E-state index in [1.54, 1.807) is 19.1 Å². The Kier molecular flexibility index (Phi) is 13.4. The number of carbonyl (C=O) groups excluding carboxylic acids is 2. The second-order valence-corrected chi connectivity index (χ2v) is 18.6. The van der Waals surface area contributed by atoms with Crippen LogP contribution in [0.15, 0.2) is 36.4 Å². The zero-order valence-corrected chi connectivity index (χ0v) is 35.4. The van der Waals surface area contributed by atoms with E-state index in [0.29, 0.717) is 35.0 Å². The van der Waals surface area contributed by atoms with Crippen LogP contribution < -0.4 is 20.3 Å². The molecule has 310 valence electrons. The highest BCUT2D eigenvalue weighted by Crippen LogP contribution is 2.61. The van der Waals surface area contributed by atoms with Crippen LogP contribution in [0.2, 0.25) is 0 Å². The van der Waals surface area contributed by atoms with Crippen molar-refractivity contribution in [2.75, 3.05) is 53.4 Å². The number of carbonyl (C=O) groups is 2. The molecule has 2 aromatic carbocycles. The van der Waals surface area contributed by atoms with Crippen LogP contribution >= 0.6 is 0 Å². The Balaban J connectivity index is 1.27. The lowest BCUT2D eigenvalue weighted by molar-refractivity contribution is -0.183. The number of hydrogen-bond donors (Lipinski definition) is 4. The predicted molar refractivity (Wildman–Crippen MR) is 221 cm³/mol. The van der Waals surface area contributed by atoms with Gasteiger partial charge in [0.1, 0.15) is 17.9 Å². The van der Waals surface area contributed by atoms with Crippen LogP contribution in [0.25, 0.3) is 11.1 Å². The number of amides is 2. The van der Waals surface area contributed by atoms with Crippen LogP contribution in [0.4, 0.5) is 5.69 Å². The fraction of sp³-hybridized carbons (Fsp3) is 0.689. The average molecular weight is 776 g/mol. The lowest BCUT2D eigenvalue weighted by atomic mass is 9.45. The number of anilines is 1. The van der Waals surface area contributed by atoms with Gasteiger partial charge in [0, 0.05) is 61.0 Å². The van der Waals surface area contributed by atoms with Crippen LogP contribution in [-0.4, -0.2) is 111 Å². The highest BCUT2D eigenvalue weighted by Gasteiger charge is 2.57. The minimum absolute atomic E-state index is 0.0441. The van der Waals surface area contributed by atoms with Gasteiger partial charge in [0.15, 0.2) is 0 Å². The molecule has 9 atom stereocenters. The van der Waals surface area contributed by atoms with Crippen LogP contribution in [0.3, 0.4) is 0 Å². The largest absolute Gasteiger partial charge is 0.496 e. The molecule has 4 saturated carbocycles. The van der Waals surface area contributed by atoms with Crippen molar-refractivity contribution in [3.05, 3.63) is 47.5 Å². The molecule has 1 aliphatic heterocycles. The van der Waals surface area contributed by atoms with Gasteiger partial charge in [0.2, 0.25) is 5.91 Å². The number of aliphatic hydroxyl groups is 2. The minimum atomic E-state index is -0.893. The van der Waals surface area contributed by atoms with Gasteiger partial charge in [-0.3, -0.25) is 14.4 Å². The van der Waals surface area contributed by atoms with Crippen molar-refractivity contribution in [2.24, 2.45) is 35.0 Å². The zero-order chi connectivity index (χ0) is 40.5. The predicted octanol–water partition coefficient (Wildman–Crippen LogP) is 5.72. The monoisotopic (exact) mass is 776 g/mol. The standard InChI is InChI=1S/C45H69N5O6/c1-27-37-22-33(45(37,3)4)23-38(27)47-44(54)41-40(28(2)52)39(26-51)56-50(41)24-30-16-13-17-36(42(30)55-9)31-19-32(21-35(20-31)49(7)8)43(53)46-34(25-48(5)6)18-29-14-11-10-12-15-29/h13,16-17,19-21,27-29,33-34,37-41,51-52H,10-12,14-15,18,22-26H2,1-9H3,(H,46,53)(H,47,54)/t27-,28-,33+,34-,37-,38+,39-,40-,41-/m0/s1. The molecule has 4 N–H and O–H groups in total. The minimum Gasteiger partial charge on any atom is -0.496 e. The summed E-state index contributed by atoms with van der Waals surface area (Å²) in [6.45, 7) is 9.22. The molecule has 7 rings (SSSR count). The van der Waals surface area contributed by atoms with Crippen molar-refractivity contribution in [3.63, 3.8) is 0 Å². The van der Waals surface area contributed by atoms with E-state index in [1.807, 2.05) is 49.3 Å². The Morgan fingerprint density at radius 1 is 1.07 bits per heavy atom. The first-order chi connectivity index (χ1) is 26.6. The Bertz CT molecular complexity index is 1670. The first kappa shape index (κ1) is 42.4. The van der Waals surface area contributed by atoms with Crippen LogP contribution in [-0.2, 0) is 16.2 Å². The van der Waals surface area contributed by atoms with Gasteiger partial charge in [0.05, 0.1) is 26.4 Å². The number of hydroxylamine groups is 2. The summed E-state index contributed by atoms with van der Waals surface area (Å²) in [5.74, 6) is 1.79. The van der Waals surface area contributed by atoms with Gasteiger partial charge in [-0.05, 0) is 93.1 Å². The fourth-order valence-corrected chi connectivity index (χ4v) is 10.7. The van der Waals surface area contributed by atoms with Crippen molar-refractivity contribution in [3.8, 4) is 16.9 Å². The lowest BCUT2D eigenvalue weighted by Crippen LogP contribution is -2.62. The maximum absolute atomic E-state index is 14.3. The van der Waals surface area contributed by atoms with Gasteiger partial charge in [-0.1, -0.05) is 71.1 Å². The summed E-state index contributed by atoms with van der Waals surface area (Å²) < 4.78 is 6.13. The van der Waals surface area contributed by atoms with Crippen molar-refractivity contribution < 1.29 is 29.4 Å². The molecule has 5 aliphatic rings. The molecule has 5 fully saturated rings. The van der Waals surface area contributed by atoms with Crippen molar-refractivity contribution in [1.82, 2.24) is 20.6 Å². The van der Waals surface area contributed by atoms with E-state index in [4.69, 9.17) is 9.57 Å². The van der Waals surface area contributed by atoms with Gasteiger partial charge in [-0.25, -0.2) is 0 Å². The number of benzene rings is 2. The van der Waals surface area contributed by atoms with E-state index in [1.165, 1.54) is 38.5 Å². The third-order valence-electron chi connectivity index (χ3n) is 14.0. The molecule has 2 bridgehead atoms.